The van der Waals surface area contributed by atoms with Crippen LogP contribution in [0.2, 0.25) is 0 Å². The minimum Gasteiger partial charge on any atom is -0.354 e. The molecule has 1 aliphatic carbocycles. The number of rotatable bonds is 5. The van der Waals surface area contributed by atoms with Crippen molar-refractivity contribution in [2.45, 2.75) is 57.4 Å². The zero-order chi connectivity index (χ0) is 13.9. The Hall–Kier alpha value is -1.16. The van der Waals surface area contributed by atoms with Crippen LogP contribution in [0.25, 0.3) is 0 Å². The third-order valence-electron chi connectivity index (χ3n) is 4.83. The first-order valence-electron chi connectivity index (χ1n) is 8.02. The van der Waals surface area contributed by atoms with Gasteiger partial charge in [0.05, 0.1) is 0 Å². The Morgan fingerprint density at radius 1 is 1.25 bits per heavy atom. The fourth-order valence-electron chi connectivity index (χ4n) is 3.28. The molecule has 1 atom stereocenters. The number of likely N-dealkylation sites (tertiary alicyclic amines) is 1. The van der Waals surface area contributed by atoms with Gasteiger partial charge in [0.25, 0.3) is 0 Å². The van der Waals surface area contributed by atoms with Gasteiger partial charge in [-0.1, -0.05) is 6.42 Å². The van der Waals surface area contributed by atoms with Gasteiger partial charge in [-0.15, -0.1) is 0 Å². The van der Waals surface area contributed by atoms with Crippen LogP contribution in [-0.4, -0.2) is 41.0 Å². The Kier molecular flexibility index (Phi) is 4.20. The largest absolute Gasteiger partial charge is 0.354 e. The van der Waals surface area contributed by atoms with Crippen LogP contribution in [-0.2, 0) is 0 Å². The third kappa shape index (κ3) is 3.11. The maximum Gasteiger partial charge on any atom is 0.223 e. The average molecular weight is 274 g/mol. The van der Waals surface area contributed by atoms with Crippen LogP contribution in [0.4, 0.5) is 5.95 Å². The lowest BCUT2D eigenvalue weighted by Gasteiger charge is -2.25. The minimum absolute atomic E-state index is 0.679. The van der Waals surface area contributed by atoms with Crippen LogP contribution in [0.1, 0.15) is 55.8 Å². The molecule has 0 spiro atoms. The quantitative estimate of drug-likeness (QED) is 0.896. The van der Waals surface area contributed by atoms with Crippen LogP contribution in [0.3, 0.4) is 0 Å². The lowest BCUT2D eigenvalue weighted by molar-refractivity contribution is 0.301. The SMILES string of the molecule is Cc1cc(C2CCC2)nc(NCC[C@H]2CCCN2C)n1. The highest BCUT2D eigenvalue weighted by atomic mass is 15.2. The zero-order valence-electron chi connectivity index (χ0n) is 12.7. The number of hydrogen-bond acceptors (Lipinski definition) is 4. The highest BCUT2D eigenvalue weighted by Gasteiger charge is 2.22. The summed E-state index contributed by atoms with van der Waals surface area (Å²) in [4.78, 5) is 11.7. The maximum atomic E-state index is 4.70. The van der Waals surface area contributed by atoms with E-state index >= 15 is 0 Å². The molecule has 0 aromatic carbocycles. The molecule has 4 nitrogen and oxygen atoms in total. The first-order chi connectivity index (χ1) is 9.72. The summed E-state index contributed by atoms with van der Waals surface area (Å²) in [5.74, 6) is 1.51. The standard InChI is InChI=1S/C16H26N4/c1-12-11-15(13-5-3-6-13)19-16(18-12)17-9-8-14-7-4-10-20(14)2/h11,13-14H,3-10H2,1-2H3,(H,17,18,19)/t14-/m1/s1. The maximum absolute atomic E-state index is 4.70. The van der Waals surface area contributed by atoms with Gasteiger partial charge in [0.2, 0.25) is 5.95 Å². The van der Waals surface area contributed by atoms with E-state index in [9.17, 15) is 0 Å². The molecule has 1 aromatic heterocycles. The van der Waals surface area contributed by atoms with Gasteiger partial charge in [0.15, 0.2) is 0 Å². The van der Waals surface area contributed by atoms with E-state index in [4.69, 9.17) is 4.98 Å². The van der Waals surface area contributed by atoms with Crippen LogP contribution >= 0.6 is 0 Å². The molecule has 0 unspecified atom stereocenters. The minimum atomic E-state index is 0.679. The molecule has 2 fully saturated rings. The van der Waals surface area contributed by atoms with Gasteiger partial charge in [-0.25, -0.2) is 9.97 Å². The topological polar surface area (TPSA) is 41.1 Å². The summed E-state index contributed by atoms with van der Waals surface area (Å²) in [6.07, 6.45) is 7.80. The van der Waals surface area contributed by atoms with Crippen molar-refractivity contribution in [1.82, 2.24) is 14.9 Å². The second kappa shape index (κ2) is 6.08. The van der Waals surface area contributed by atoms with Crippen LogP contribution in [0.5, 0.6) is 0 Å². The lowest BCUT2D eigenvalue weighted by atomic mass is 9.83. The fourth-order valence-corrected chi connectivity index (χ4v) is 3.28. The van der Waals surface area contributed by atoms with Crippen molar-refractivity contribution in [3.8, 4) is 0 Å². The summed E-state index contributed by atoms with van der Waals surface area (Å²) in [5.41, 5.74) is 2.33. The second-order valence-electron chi connectivity index (χ2n) is 6.38. The van der Waals surface area contributed by atoms with Gasteiger partial charge in [0.1, 0.15) is 0 Å². The Bertz CT molecular complexity index is 456. The predicted molar refractivity (Wildman–Crippen MR) is 82.1 cm³/mol. The van der Waals surface area contributed by atoms with E-state index in [1.165, 1.54) is 50.8 Å². The van der Waals surface area contributed by atoms with Gasteiger partial charge in [-0.3, -0.25) is 0 Å². The molecule has 2 heterocycles. The third-order valence-corrected chi connectivity index (χ3v) is 4.83. The number of anilines is 1. The summed E-state index contributed by atoms with van der Waals surface area (Å²) >= 11 is 0. The number of aryl methyl sites for hydroxylation is 1. The summed E-state index contributed by atoms with van der Waals surface area (Å²) in [6, 6.07) is 2.89. The summed E-state index contributed by atoms with van der Waals surface area (Å²) in [7, 11) is 2.23. The highest BCUT2D eigenvalue weighted by molar-refractivity contribution is 5.30. The van der Waals surface area contributed by atoms with Crippen molar-refractivity contribution >= 4 is 5.95 Å². The van der Waals surface area contributed by atoms with E-state index < -0.39 is 0 Å². The van der Waals surface area contributed by atoms with Crippen molar-refractivity contribution in [3.63, 3.8) is 0 Å². The first kappa shape index (κ1) is 13.8. The molecular formula is C16H26N4. The number of nitrogens with zero attached hydrogens (tertiary/aromatic N) is 3. The van der Waals surface area contributed by atoms with E-state index in [1.807, 2.05) is 0 Å². The van der Waals surface area contributed by atoms with Crippen LogP contribution < -0.4 is 5.32 Å². The fraction of sp³-hybridized carbons (Fsp3) is 0.750. The highest BCUT2D eigenvalue weighted by Crippen LogP contribution is 2.35. The molecule has 0 radical (unpaired) electrons. The first-order valence-corrected chi connectivity index (χ1v) is 8.02. The Labute approximate surface area is 122 Å². The van der Waals surface area contributed by atoms with Gasteiger partial charge in [-0.05, 0) is 58.7 Å². The average Bonchev–Trinajstić information content (AvgIpc) is 2.72. The van der Waals surface area contributed by atoms with Crippen molar-refractivity contribution in [2.75, 3.05) is 25.5 Å². The normalized spacial score (nSPS) is 23.8. The summed E-state index contributed by atoms with van der Waals surface area (Å²) in [5, 5.41) is 3.43. The number of nitrogens with one attached hydrogen (secondary N) is 1. The molecule has 1 N–H and O–H groups in total. The van der Waals surface area contributed by atoms with E-state index in [-0.39, 0.29) is 0 Å². The predicted octanol–water partition coefficient (Wildman–Crippen LogP) is 2.95. The van der Waals surface area contributed by atoms with Crippen LogP contribution in [0, 0.1) is 6.92 Å². The molecule has 0 bridgehead atoms. The summed E-state index contributed by atoms with van der Waals surface area (Å²) in [6.45, 7) is 4.29. The van der Waals surface area contributed by atoms with Gasteiger partial charge >= 0.3 is 0 Å². The molecule has 3 rings (SSSR count). The monoisotopic (exact) mass is 274 g/mol. The molecule has 20 heavy (non-hydrogen) atoms. The van der Waals surface area contributed by atoms with Gasteiger partial charge in [-0.2, -0.15) is 0 Å². The van der Waals surface area contributed by atoms with Gasteiger partial charge in [0, 0.05) is 29.9 Å². The van der Waals surface area contributed by atoms with Gasteiger partial charge < -0.3 is 10.2 Å². The van der Waals surface area contributed by atoms with E-state index in [1.54, 1.807) is 0 Å². The molecule has 4 heteroatoms. The van der Waals surface area contributed by atoms with Crippen molar-refractivity contribution in [2.24, 2.45) is 0 Å². The second-order valence-corrected chi connectivity index (χ2v) is 6.38. The smallest absolute Gasteiger partial charge is 0.223 e. The van der Waals surface area contributed by atoms with E-state index in [2.05, 4.69) is 35.2 Å². The Balaban J connectivity index is 1.55. The van der Waals surface area contributed by atoms with E-state index in [0.29, 0.717) is 5.92 Å². The summed E-state index contributed by atoms with van der Waals surface area (Å²) < 4.78 is 0. The Morgan fingerprint density at radius 2 is 2.10 bits per heavy atom. The molecule has 2 aliphatic rings. The Morgan fingerprint density at radius 3 is 2.75 bits per heavy atom. The molecule has 1 aromatic rings. The number of hydrogen-bond donors (Lipinski definition) is 1. The number of aromatic nitrogens is 2. The molecule has 110 valence electrons. The zero-order valence-corrected chi connectivity index (χ0v) is 12.7. The lowest BCUT2D eigenvalue weighted by Crippen LogP contribution is -2.27. The molecule has 1 saturated carbocycles. The molecular weight excluding hydrogens is 248 g/mol. The molecule has 0 amide bonds. The van der Waals surface area contributed by atoms with E-state index in [0.717, 1.165) is 24.2 Å². The van der Waals surface area contributed by atoms with Crippen molar-refractivity contribution in [3.05, 3.63) is 17.5 Å². The molecule has 1 aliphatic heterocycles. The molecule has 1 saturated heterocycles. The van der Waals surface area contributed by atoms with Crippen molar-refractivity contribution in [1.29, 1.82) is 0 Å². The van der Waals surface area contributed by atoms with Crippen molar-refractivity contribution < 1.29 is 0 Å². The van der Waals surface area contributed by atoms with Crippen LogP contribution in [0.15, 0.2) is 6.07 Å².